The first-order valence-corrected chi connectivity index (χ1v) is 9.90. The summed E-state index contributed by atoms with van der Waals surface area (Å²) in [5, 5.41) is 14.7. The van der Waals surface area contributed by atoms with E-state index in [2.05, 4.69) is 15.6 Å². The maximum atomic E-state index is 12.7. The number of aliphatic hydroxyl groups is 1. The number of amides is 3. The van der Waals surface area contributed by atoms with E-state index in [4.69, 9.17) is 9.52 Å². The number of benzene rings is 1. The van der Waals surface area contributed by atoms with Crippen molar-refractivity contribution >= 4 is 34.6 Å². The van der Waals surface area contributed by atoms with Crippen molar-refractivity contribution in [2.45, 2.75) is 24.7 Å². The summed E-state index contributed by atoms with van der Waals surface area (Å²) in [5.41, 5.74) is 0.292. The van der Waals surface area contributed by atoms with Gasteiger partial charge in [-0.05, 0) is 30.7 Å². The highest BCUT2D eigenvalue weighted by atomic mass is 32.2. The predicted molar refractivity (Wildman–Crippen MR) is 108 cm³/mol. The lowest BCUT2D eigenvalue weighted by Crippen LogP contribution is -2.40. The lowest BCUT2D eigenvalue weighted by molar-refractivity contribution is -0.117. The summed E-state index contributed by atoms with van der Waals surface area (Å²) in [6.45, 7) is 0.368. The van der Waals surface area contributed by atoms with E-state index in [1.54, 1.807) is 36.4 Å². The van der Waals surface area contributed by atoms with Crippen molar-refractivity contribution in [1.29, 1.82) is 0 Å². The van der Waals surface area contributed by atoms with Gasteiger partial charge in [0.05, 0.1) is 29.5 Å². The summed E-state index contributed by atoms with van der Waals surface area (Å²) in [6, 6.07) is 9.69. The summed E-state index contributed by atoms with van der Waals surface area (Å²) in [7, 11) is 0. The minimum Gasteiger partial charge on any atom is -0.467 e. The molecular weight excluding hydrogens is 396 g/mol. The van der Waals surface area contributed by atoms with Crippen molar-refractivity contribution in [2.75, 3.05) is 12.4 Å². The van der Waals surface area contributed by atoms with Crippen molar-refractivity contribution in [1.82, 2.24) is 20.2 Å². The Balaban J connectivity index is 1.64. The lowest BCUT2D eigenvalue weighted by atomic mass is 10.2. The normalized spacial score (nSPS) is 10.8. The van der Waals surface area contributed by atoms with Crippen LogP contribution in [0, 0.1) is 0 Å². The zero-order chi connectivity index (χ0) is 20.6. The molecule has 3 N–H and O–H groups in total. The van der Waals surface area contributed by atoms with Gasteiger partial charge in [0.1, 0.15) is 5.76 Å². The molecule has 2 aromatic heterocycles. The van der Waals surface area contributed by atoms with Crippen LogP contribution in [-0.4, -0.2) is 39.0 Å². The summed E-state index contributed by atoms with van der Waals surface area (Å²) in [5.74, 6) is -0.0590. The molecule has 0 aliphatic heterocycles. The van der Waals surface area contributed by atoms with E-state index in [1.807, 2.05) is 0 Å². The number of furan rings is 1. The number of aromatic nitrogens is 2. The molecule has 3 aromatic rings. The fourth-order valence-corrected chi connectivity index (χ4v) is 3.43. The van der Waals surface area contributed by atoms with E-state index in [1.165, 1.54) is 10.8 Å². The molecular formula is C19H20N4O5S. The van der Waals surface area contributed by atoms with Gasteiger partial charge in [-0.2, -0.15) is 0 Å². The zero-order valence-electron chi connectivity index (χ0n) is 15.5. The third-order valence-electron chi connectivity index (χ3n) is 3.96. The van der Waals surface area contributed by atoms with E-state index in [9.17, 15) is 14.4 Å². The number of nitrogens with one attached hydrogen (secondary N) is 2. The van der Waals surface area contributed by atoms with Gasteiger partial charge in [-0.15, -0.1) is 0 Å². The third kappa shape index (κ3) is 5.46. The largest absolute Gasteiger partial charge is 0.467 e. The van der Waals surface area contributed by atoms with E-state index in [0.717, 1.165) is 11.8 Å². The highest BCUT2D eigenvalue weighted by Crippen LogP contribution is 2.18. The number of carbonyl (C=O) groups excluding carboxylic acids is 2. The molecule has 9 nitrogen and oxygen atoms in total. The number of fused-ring (bicyclic) bond motifs is 1. The Kier molecular flexibility index (Phi) is 7.04. The molecule has 0 aliphatic carbocycles. The SMILES string of the molecule is O=C(CSc1nc2ccccc2c(=O)n1CCCO)NC(=O)NCc1ccco1. The second kappa shape index (κ2) is 9.89. The highest BCUT2D eigenvalue weighted by molar-refractivity contribution is 7.99. The highest BCUT2D eigenvalue weighted by Gasteiger charge is 2.14. The molecule has 0 aliphatic rings. The van der Waals surface area contributed by atoms with Crippen molar-refractivity contribution in [3.05, 3.63) is 58.8 Å². The Bertz CT molecular complexity index is 1050. The Morgan fingerprint density at radius 2 is 2.03 bits per heavy atom. The van der Waals surface area contributed by atoms with Gasteiger partial charge in [-0.25, -0.2) is 9.78 Å². The summed E-state index contributed by atoms with van der Waals surface area (Å²) >= 11 is 1.05. The van der Waals surface area contributed by atoms with Gasteiger partial charge >= 0.3 is 6.03 Å². The molecule has 10 heteroatoms. The van der Waals surface area contributed by atoms with Crippen LogP contribution in [0.5, 0.6) is 0 Å². The number of nitrogens with zero attached hydrogens (tertiary/aromatic N) is 2. The van der Waals surface area contributed by atoms with Gasteiger partial charge in [0, 0.05) is 13.2 Å². The number of hydrogen-bond acceptors (Lipinski definition) is 7. The first-order chi connectivity index (χ1) is 14.1. The average molecular weight is 416 g/mol. The molecule has 29 heavy (non-hydrogen) atoms. The minimum atomic E-state index is -0.642. The van der Waals surface area contributed by atoms with Crippen LogP contribution in [0.25, 0.3) is 10.9 Å². The number of carbonyl (C=O) groups is 2. The Labute approximate surface area is 170 Å². The van der Waals surface area contributed by atoms with Crippen molar-refractivity contribution in [3.63, 3.8) is 0 Å². The molecule has 0 spiro atoms. The van der Waals surface area contributed by atoms with Crippen LogP contribution in [0.2, 0.25) is 0 Å². The van der Waals surface area contributed by atoms with Gasteiger partial charge in [-0.1, -0.05) is 23.9 Å². The third-order valence-corrected chi connectivity index (χ3v) is 4.93. The Hall–Kier alpha value is -3.11. The number of aliphatic hydroxyl groups excluding tert-OH is 1. The molecule has 0 unspecified atom stereocenters. The van der Waals surface area contributed by atoms with Crippen molar-refractivity contribution in [3.8, 4) is 0 Å². The van der Waals surface area contributed by atoms with Gasteiger partial charge in [0.25, 0.3) is 5.56 Å². The molecule has 2 heterocycles. The first kappa shape index (κ1) is 20.6. The van der Waals surface area contributed by atoms with Crippen LogP contribution in [0.15, 0.2) is 57.0 Å². The maximum Gasteiger partial charge on any atom is 0.321 e. The summed E-state index contributed by atoms with van der Waals surface area (Å²) in [4.78, 5) is 41.1. The molecule has 0 radical (unpaired) electrons. The molecule has 3 amide bonds. The topological polar surface area (TPSA) is 126 Å². The van der Waals surface area contributed by atoms with Crippen LogP contribution < -0.4 is 16.2 Å². The van der Waals surface area contributed by atoms with Crippen LogP contribution in [-0.2, 0) is 17.9 Å². The lowest BCUT2D eigenvalue weighted by Gasteiger charge is -2.12. The second-order valence-corrected chi connectivity index (χ2v) is 6.99. The number of para-hydroxylation sites is 1. The standard InChI is InChI=1S/C19H20N4O5S/c24-9-4-8-23-17(26)14-6-1-2-7-15(14)21-19(23)29-12-16(25)22-18(27)20-11-13-5-3-10-28-13/h1-3,5-7,10,24H,4,8-9,11-12H2,(H2,20,22,25,27). The van der Waals surface area contributed by atoms with Gasteiger partial charge < -0.3 is 14.8 Å². The molecule has 0 fully saturated rings. The van der Waals surface area contributed by atoms with Crippen LogP contribution in [0.4, 0.5) is 4.79 Å². The number of imide groups is 1. The van der Waals surface area contributed by atoms with Crippen LogP contribution >= 0.6 is 11.8 Å². The van der Waals surface area contributed by atoms with E-state index in [-0.39, 0.29) is 31.0 Å². The molecule has 0 saturated heterocycles. The van der Waals surface area contributed by atoms with E-state index < -0.39 is 11.9 Å². The molecule has 0 saturated carbocycles. The first-order valence-electron chi connectivity index (χ1n) is 8.92. The molecule has 0 atom stereocenters. The van der Waals surface area contributed by atoms with Crippen molar-refractivity contribution < 1.29 is 19.1 Å². The molecule has 3 rings (SSSR count). The average Bonchev–Trinajstić information content (AvgIpc) is 3.24. The number of rotatable bonds is 8. The smallest absolute Gasteiger partial charge is 0.321 e. The molecule has 1 aromatic carbocycles. The Morgan fingerprint density at radius 1 is 1.21 bits per heavy atom. The summed E-state index contributed by atoms with van der Waals surface area (Å²) in [6.07, 6.45) is 1.87. The van der Waals surface area contributed by atoms with Crippen LogP contribution in [0.1, 0.15) is 12.2 Å². The van der Waals surface area contributed by atoms with E-state index in [0.29, 0.717) is 28.2 Å². The second-order valence-electron chi connectivity index (χ2n) is 6.04. The quantitative estimate of drug-likeness (QED) is 0.375. The fraction of sp³-hybridized carbons (Fsp3) is 0.263. The Morgan fingerprint density at radius 3 is 2.79 bits per heavy atom. The number of hydrogen-bond donors (Lipinski definition) is 3. The number of thioether (sulfide) groups is 1. The van der Waals surface area contributed by atoms with E-state index >= 15 is 0 Å². The fourth-order valence-electron chi connectivity index (χ4n) is 2.60. The maximum absolute atomic E-state index is 12.7. The summed E-state index contributed by atoms with van der Waals surface area (Å²) < 4.78 is 6.53. The minimum absolute atomic E-state index is 0.0697. The molecule has 152 valence electrons. The van der Waals surface area contributed by atoms with Gasteiger partial charge in [0.15, 0.2) is 5.16 Å². The van der Waals surface area contributed by atoms with Crippen molar-refractivity contribution in [2.24, 2.45) is 0 Å². The predicted octanol–water partition coefficient (Wildman–Crippen LogP) is 1.49. The number of urea groups is 1. The zero-order valence-corrected chi connectivity index (χ0v) is 16.3. The monoisotopic (exact) mass is 416 g/mol. The van der Waals surface area contributed by atoms with Gasteiger partial charge in [0.2, 0.25) is 5.91 Å². The van der Waals surface area contributed by atoms with Gasteiger partial charge in [-0.3, -0.25) is 19.5 Å². The van der Waals surface area contributed by atoms with Crippen LogP contribution in [0.3, 0.4) is 0 Å². The molecule has 0 bridgehead atoms.